The summed E-state index contributed by atoms with van der Waals surface area (Å²) in [5.41, 5.74) is 1.80. The second-order valence-corrected chi connectivity index (χ2v) is 5.01. The molecule has 0 bridgehead atoms. The van der Waals surface area contributed by atoms with Gasteiger partial charge in [-0.05, 0) is 18.3 Å². The number of nitrogens with one attached hydrogen (secondary N) is 1. The van der Waals surface area contributed by atoms with E-state index in [0.29, 0.717) is 23.1 Å². The zero-order chi connectivity index (χ0) is 17.7. The van der Waals surface area contributed by atoms with E-state index in [1.807, 2.05) is 12.1 Å². The van der Waals surface area contributed by atoms with Gasteiger partial charge in [0.2, 0.25) is 0 Å². The minimum Gasteiger partial charge on any atom is -0.328 e. The minimum atomic E-state index is -0.473. The van der Waals surface area contributed by atoms with Crippen LogP contribution in [0.2, 0.25) is 0 Å². The lowest BCUT2D eigenvalue weighted by Crippen LogP contribution is -2.34. The molecule has 0 fully saturated rings. The van der Waals surface area contributed by atoms with Gasteiger partial charge in [-0.1, -0.05) is 6.58 Å². The number of nitriles is 2. The average molecular weight is 341 g/mol. The Morgan fingerprint density at radius 1 is 1.46 bits per heavy atom. The van der Waals surface area contributed by atoms with E-state index < -0.39 is 5.91 Å². The van der Waals surface area contributed by atoms with Crippen molar-refractivity contribution in [2.75, 3.05) is 12.9 Å². The third kappa shape index (κ3) is 2.98. The van der Waals surface area contributed by atoms with Gasteiger partial charge in [0.1, 0.15) is 12.1 Å². The molecule has 120 valence electrons. The summed E-state index contributed by atoms with van der Waals surface area (Å²) in [5.74, 6) is -0.199. The van der Waals surface area contributed by atoms with Crippen molar-refractivity contribution < 1.29 is 4.79 Å². The molecule has 7 nitrogen and oxygen atoms in total. The first-order chi connectivity index (χ1) is 11.6. The molecule has 0 aliphatic rings. The van der Waals surface area contributed by atoms with Crippen LogP contribution in [0.25, 0.3) is 11.0 Å². The van der Waals surface area contributed by atoms with Gasteiger partial charge >= 0.3 is 0 Å². The van der Waals surface area contributed by atoms with Crippen molar-refractivity contribution in [1.29, 1.82) is 10.5 Å². The van der Waals surface area contributed by atoms with Crippen LogP contribution in [0.1, 0.15) is 21.6 Å². The van der Waals surface area contributed by atoms with Gasteiger partial charge < -0.3 is 9.88 Å². The van der Waals surface area contributed by atoms with Gasteiger partial charge in [-0.15, -0.1) is 11.6 Å². The molecule has 8 heteroatoms. The number of carbonyl (C=O) groups excluding carboxylic acids is 1. The molecule has 1 amide bonds. The van der Waals surface area contributed by atoms with Crippen molar-refractivity contribution in [3.05, 3.63) is 47.2 Å². The summed E-state index contributed by atoms with van der Waals surface area (Å²) in [6, 6.07) is 6.97. The SMILES string of the molecule is C=CNC(=O)c1nc2cc(C#N)c(C#N)cc2n(CCCl)/c1=N/C. The number of hydrogen-bond acceptors (Lipinski definition) is 5. The Bertz CT molecular complexity index is 977. The molecule has 0 radical (unpaired) electrons. The molecule has 0 unspecified atom stereocenters. The third-order valence-electron chi connectivity index (χ3n) is 3.31. The van der Waals surface area contributed by atoms with Gasteiger partial charge in [0, 0.05) is 19.5 Å². The standard InChI is InChI=1S/C16H13ClN6O/c1-3-21-16(24)14-15(20-2)23(5-4-17)13-7-11(9-19)10(8-18)6-12(13)22-14/h3,6-7H,1,4-5H2,2H3,(H,21,24)/b20-15+. The molecule has 2 rings (SSSR count). The Morgan fingerprint density at radius 3 is 2.67 bits per heavy atom. The molecular formula is C16H13ClN6O. The van der Waals surface area contributed by atoms with Crippen molar-refractivity contribution >= 4 is 28.5 Å². The zero-order valence-corrected chi connectivity index (χ0v) is 13.6. The fourth-order valence-corrected chi connectivity index (χ4v) is 2.50. The summed E-state index contributed by atoms with van der Waals surface area (Å²) < 4.78 is 1.70. The molecule has 1 aromatic carbocycles. The van der Waals surface area contributed by atoms with Crippen LogP contribution in [0.3, 0.4) is 0 Å². The van der Waals surface area contributed by atoms with E-state index in [2.05, 4.69) is 21.9 Å². The average Bonchev–Trinajstić information content (AvgIpc) is 2.60. The number of rotatable bonds is 4. The van der Waals surface area contributed by atoms with Gasteiger partial charge in [-0.2, -0.15) is 10.5 Å². The van der Waals surface area contributed by atoms with Crippen LogP contribution in [-0.2, 0) is 6.54 Å². The van der Waals surface area contributed by atoms with Crippen molar-refractivity contribution in [3.8, 4) is 12.1 Å². The van der Waals surface area contributed by atoms with Crippen molar-refractivity contribution in [1.82, 2.24) is 14.9 Å². The van der Waals surface area contributed by atoms with Crippen molar-refractivity contribution in [2.45, 2.75) is 6.54 Å². The number of halogens is 1. The summed E-state index contributed by atoms with van der Waals surface area (Å²) in [6.07, 6.45) is 1.25. The highest BCUT2D eigenvalue weighted by atomic mass is 35.5. The number of amides is 1. The van der Waals surface area contributed by atoms with E-state index in [1.54, 1.807) is 10.6 Å². The number of aromatic nitrogens is 2. The Morgan fingerprint density at radius 2 is 2.12 bits per heavy atom. The van der Waals surface area contributed by atoms with E-state index in [4.69, 9.17) is 11.6 Å². The molecule has 24 heavy (non-hydrogen) atoms. The van der Waals surface area contributed by atoms with Gasteiger partial charge in [-0.3, -0.25) is 9.79 Å². The summed E-state index contributed by atoms with van der Waals surface area (Å²) in [4.78, 5) is 20.7. The number of nitrogens with zero attached hydrogens (tertiary/aromatic N) is 5. The maximum Gasteiger partial charge on any atom is 0.277 e. The smallest absolute Gasteiger partial charge is 0.277 e. The number of alkyl halides is 1. The van der Waals surface area contributed by atoms with Crippen LogP contribution in [0, 0.1) is 22.7 Å². The molecule has 0 saturated carbocycles. The van der Waals surface area contributed by atoms with Crippen LogP contribution in [0.4, 0.5) is 0 Å². The molecule has 0 atom stereocenters. The quantitative estimate of drug-likeness (QED) is 0.849. The van der Waals surface area contributed by atoms with Gasteiger partial charge in [0.05, 0.1) is 22.2 Å². The third-order valence-corrected chi connectivity index (χ3v) is 3.48. The molecule has 0 saturated heterocycles. The first-order valence-electron chi connectivity index (χ1n) is 6.90. The number of aryl methyl sites for hydroxylation is 1. The van der Waals surface area contributed by atoms with E-state index in [9.17, 15) is 15.3 Å². The molecule has 0 spiro atoms. The lowest BCUT2D eigenvalue weighted by molar-refractivity contribution is 0.0963. The second kappa shape index (κ2) is 7.40. The molecule has 0 aliphatic heterocycles. The minimum absolute atomic E-state index is 0.0867. The van der Waals surface area contributed by atoms with Crippen LogP contribution >= 0.6 is 11.6 Å². The Kier molecular flexibility index (Phi) is 5.31. The summed E-state index contributed by atoms with van der Waals surface area (Å²) in [7, 11) is 1.53. The van der Waals surface area contributed by atoms with Gasteiger partial charge in [0.15, 0.2) is 11.2 Å². The molecule has 1 heterocycles. The van der Waals surface area contributed by atoms with Crippen molar-refractivity contribution in [2.24, 2.45) is 4.99 Å². The van der Waals surface area contributed by atoms with E-state index in [0.717, 1.165) is 0 Å². The maximum absolute atomic E-state index is 12.2. The van der Waals surface area contributed by atoms with E-state index >= 15 is 0 Å². The maximum atomic E-state index is 12.2. The van der Waals surface area contributed by atoms with Crippen LogP contribution in [-0.4, -0.2) is 28.4 Å². The Hall–Kier alpha value is -3.16. The van der Waals surface area contributed by atoms with Crippen LogP contribution < -0.4 is 10.8 Å². The predicted molar refractivity (Wildman–Crippen MR) is 89.0 cm³/mol. The molecule has 2 aromatic rings. The molecular weight excluding hydrogens is 328 g/mol. The summed E-state index contributed by atoms with van der Waals surface area (Å²) in [5, 5.41) is 20.9. The summed E-state index contributed by atoms with van der Waals surface area (Å²) in [6.45, 7) is 3.81. The molecule has 0 aliphatic carbocycles. The lowest BCUT2D eigenvalue weighted by atomic mass is 10.1. The zero-order valence-electron chi connectivity index (χ0n) is 12.9. The first-order valence-corrected chi connectivity index (χ1v) is 7.44. The highest BCUT2D eigenvalue weighted by molar-refractivity contribution is 6.17. The van der Waals surface area contributed by atoms with Crippen LogP contribution in [0.15, 0.2) is 29.9 Å². The first kappa shape index (κ1) is 17.2. The highest BCUT2D eigenvalue weighted by Crippen LogP contribution is 2.17. The largest absolute Gasteiger partial charge is 0.328 e. The Balaban J connectivity index is 2.97. The predicted octanol–water partition coefficient (Wildman–Crippen LogP) is 1.42. The van der Waals surface area contributed by atoms with E-state index in [1.165, 1.54) is 19.3 Å². The normalized spacial score (nSPS) is 10.9. The monoisotopic (exact) mass is 340 g/mol. The Labute approximate surface area is 143 Å². The lowest BCUT2D eigenvalue weighted by Gasteiger charge is -2.13. The number of carbonyl (C=O) groups is 1. The molecule has 1 aromatic heterocycles. The number of fused-ring (bicyclic) bond motifs is 1. The van der Waals surface area contributed by atoms with Crippen molar-refractivity contribution in [3.63, 3.8) is 0 Å². The number of hydrogen-bond donors (Lipinski definition) is 1. The second-order valence-electron chi connectivity index (χ2n) is 4.64. The van der Waals surface area contributed by atoms with Gasteiger partial charge in [-0.25, -0.2) is 4.98 Å². The number of benzene rings is 1. The fourth-order valence-electron chi connectivity index (χ4n) is 2.33. The topological polar surface area (TPSA) is 107 Å². The fraction of sp³-hybridized carbons (Fsp3) is 0.188. The van der Waals surface area contributed by atoms with Gasteiger partial charge in [0.25, 0.3) is 5.91 Å². The molecule has 1 N–H and O–H groups in total. The highest BCUT2D eigenvalue weighted by Gasteiger charge is 2.17. The van der Waals surface area contributed by atoms with E-state index in [-0.39, 0.29) is 22.7 Å². The summed E-state index contributed by atoms with van der Waals surface area (Å²) >= 11 is 5.87. The van der Waals surface area contributed by atoms with Crippen LogP contribution in [0.5, 0.6) is 0 Å².